The molecule has 2 amide bonds. The Kier molecular flexibility index (Phi) is 3.06. The summed E-state index contributed by atoms with van der Waals surface area (Å²) in [7, 11) is 3.00. The second-order valence-electron chi connectivity index (χ2n) is 3.84. The Morgan fingerprint density at radius 3 is 2.33 bits per heavy atom. The van der Waals surface area contributed by atoms with E-state index in [2.05, 4.69) is 0 Å². The number of carbonyl (C=O) groups is 2. The Morgan fingerprint density at radius 2 is 1.83 bits per heavy atom. The van der Waals surface area contributed by atoms with Gasteiger partial charge < -0.3 is 9.47 Å². The molecule has 0 saturated heterocycles. The van der Waals surface area contributed by atoms with Gasteiger partial charge in [-0.05, 0) is 19.1 Å². The standard InChI is InChI=1S/C13H13NO4/c1-8-6-12(15)14(13(8)16)10-7-9(17-2)4-5-11(10)18-3/h4-7H,1-3H3. The number of nitrogens with zero attached hydrogens (tertiary/aromatic N) is 1. The molecule has 0 unspecified atom stereocenters. The minimum atomic E-state index is -0.371. The van der Waals surface area contributed by atoms with Crippen LogP contribution in [0.2, 0.25) is 0 Å². The highest BCUT2D eigenvalue weighted by molar-refractivity contribution is 6.30. The van der Waals surface area contributed by atoms with Crippen molar-refractivity contribution in [2.75, 3.05) is 19.1 Å². The lowest BCUT2D eigenvalue weighted by Gasteiger charge is -2.18. The lowest BCUT2D eigenvalue weighted by molar-refractivity contribution is -0.120. The lowest BCUT2D eigenvalue weighted by Crippen LogP contribution is -2.30. The van der Waals surface area contributed by atoms with Gasteiger partial charge in [0.15, 0.2) is 0 Å². The Bertz CT molecular complexity index is 548. The van der Waals surface area contributed by atoms with Gasteiger partial charge in [-0.3, -0.25) is 9.59 Å². The van der Waals surface area contributed by atoms with Crippen LogP contribution >= 0.6 is 0 Å². The summed E-state index contributed by atoms with van der Waals surface area (Å²) < 4.78 is 10.3. The van der Waals surface area contributed by atoms with E-state index in [0.717, 1.165) is 4.90 Å². The van der Waals surface area contributed by atoms with E-state index in [0.29, 0.717) is 22.8 Å². The van der Waals surface area contributed by atoms with Gasteiger partial charge in [0.05, 0.1) is 19.9 Å². The quantitative estimate of drug-likeness (QED) is 0.760. The predicted octanol–water partition coefficient (Wildman–Crippen LogP) is 1.52. The molecule has 1 aliphatic rings. The summed E-state index contributed by atoms with van der Waals surface area (Å²) in [5, 5.41) is 0. The molecule has 0 N–H and O–H groups in total. The van der Waals surface area contributed by atoms with Crippen molar-refractivity contribution in [1.29, 1.82) is 0 Å². The summed E-state index contributed by atoms with van der Waals surface area (Å²) in [6.45, 7) is 1.60. The first-order valence-electron chi connectivity index (χ1n) is 5.37. The van der Waals surface area contributed by atoms with Gasteiger partial charge in [-0.15, -0.1) is 0 Å². The zero-order valence-corrected chi connectivity index (χ0v) is 10.4. The SMILES string of the molecule is COc1ccc(OC)c(N2C(=O)C=C(C)C2=O)c1. The van der Waals surface area contributed by atoms with Crippen molar-refractivity contribution < 1.29 is 19.1 Å². The minimum absolute atomic E-state index is 0.341. The van der Waals surface area contributed by atoms with E-state index in [1.807, 2.05) is 0 Å². The average Bonchev–Trinajstić information content (AvgIpc) is 2.62. The van der Waals surface area contributed by atoms with E-state index in [4.69, 9.17) is 9.47 Å². The normalized spacial score (nSPS) is 14.8. The molecule has 1 aromatic rings. The molecule has 0 fully saturated rings. The molecule has 2 rings (SSSR count). The number of rotatable bonds is 3. The number of anilines is 1. The maximum Gasteiger partial charge on any atom is 0.261 e. The molecule has 0 saturated carbocycles. The van der Waals surface area contributed by atoms with Crippen LogP contribution < -0.4 is 14.4 Å². The van der Waals surface area contributed by atoms with Crippen LogP contribution in [0.4, 0.5) is 5.69 Å². The van der Waals surface area contributed by atoms with Gasteiger partial charge in [-0.2, -0.15) is 0 Å². The van der Waals surface area contributed by atoms with Crippen LogP contribution in [0.5, 0.6) is 11.5 Å². The van der Waals surface area contributed by atoms with Crippen LogP contribution in [0.3, 0.4) is 0 Å². The molecule has 1 aliphatic heterocycles. The minimum Gasteiger partial charge on any atom is -0.497 e. The van der Waals surface area contributed by atoms with Gasteiger partial charge >= 0.3 is 0 Å². The van der Waals surface area contributed by atoms with Crippen molar-refractivity contribution in [3.05, 3.63) is 29.8 Å². The van der Waals surface area contributed by atoms with Crippen molar-refractivity contribution in [2.45, 2.75) is 6.92 Å². The van der Waals surface area contributed by atoms with Crippen LogP contribution in [0.15, 0.2) is 29.8 Å². The molecule has 5 heteroatoms. The first-order chi connectivity index (χ1) is 8.58. The zero-order valence-electron chi connectivity index (χ0n) is 10.4. The molecule has 0 bridgehead atoms. The molecule has 5 nitrogen and oxygen atoms in total. The van der Waals surface area contributed by atoms with Crippen LogP contribution in [0.25, 0.3) is 0 Å². The van der Waals surface area contributed by atoms with Gasteiger partial charge in [0.2, 0.25) is 0 Å². The highest BCUT2D eigenvalue weighted by Crippen LogP contribution is 2.34. The molecule has 0 atom stereocenters. The van der Waals surface area contributed by atoms with Crippen molar-refractivity contribution in [2.24, 2.45) is 0 Å². The summed E-state index contributed by atoms with van der Waals surface area (Å²) in [5.74, 6) is 0.284. The summed E-state index contributed by atoms with van der Waals surface area (Å²) in [6.07, 6.45) is 1.31. The van der Waals surface area contributed by atoms with Gasteiger partial charge in [-0.1, -0.05) is 0 Å². The fraction of sp³-hybridized carbons (Fsp3) is 0.231. The first kappa shape index (κ1) is 12.2. The Labute approximate surface area is 105 Å². The number of hydrogen-bond donors (Lipinski definition) is 0. The number of amides is 2. The number of hydrogen-bond acceptors (Lipinski definition) is 4. The summed E-state index contributed by atoms with van der Waals surface area (Å²) >= 11 is 0. The van der Waals surface area contributed by atoms with Gasteiger partial charge in [0.1, 0.15) is 11.5 Å². The molecular weight excluding hydrogens is 234 g/mol. The van der Waals surface area contributed by atoms with Crippen LogP contribution in [-0.2, 0) is 9.59 Å². The molecule has 94 valence electrons. The van der Waals surface area contributed by atoms with Crippen LogP contribution in [0, 0.1) is 0 Å². The fourth-order valence-electron chi connectivity index (χ4n) is 1.79. The predicted molar refractivity (Wildman–Crippen MR) is 65.8 cm³/mol. The Balaban J connectivity index is 2.50. The third-order valence-corrected chi connectivity index (χ3v) is 2.73. The second-order valence-corrected chi connectivity index (χ2v) is 3.84. The molecule has 18 heavy (non-hydrogen) atoms. The molecule has 0 aromatic heterocycles. The zero-order chi connectivity index (χ0) is 13.3. The van der Waals surface area contributed by atoms with E-state index in [1.165, 1.54) is 20.3 Å². The van der Waals surface area contributed by atoms with E-state index < -0.39 is 0 Å². The molecule has 0 spiro atoms. The number of imide groups is 1. The van der Waals surface area contributed by atoms with Crippen molar-refractivity contribution >= 4 is 17.5 Å². The molecule has 1 heterocycles. The van der Waals surface area contributed by atoms with Gasteiger partial charge in [0, 0.05) is 17.7 Å². The number of methoxy groups -OCH3 is 2. The van der Waals surface area contributed by atoms with Crippen molar-refractivity contribution in [3.63, 3.8) is 0 Å². The van der Waals surface area contributed by atoms with E-state index >= 15 is 0 Å². The van der Waals surface area contributed by atoms with Gasteiger partial charge in [-0.25, -0.2) is 4.90 Å². The third-order valence-electron chi connectivity index (χ3n) is 2.73. The topological polar surface area (TPSA) is 55.8 Å². The average molecular weight is 247 g/mol. The Hall–Kier alpha value is -2.30. The van der Waals surface area contributed by atoms with E-state index in [-0.39, 0.29) is 11.8 Å². The Morgan fingerprint density at radius 1 is 1.11 bits per heavy atom. The van der Waals surface area contributed by atoms with E-state index in [9.17, 15) is 9.59 Å². The number of ether oxygens (including phenoxy) is 2. The van der Waals surface area contributed by atoms with Crippen molar-refractivity contribution in [3.8, 4) is 11.5 Å². The van der Waals surface area contributed by atoms with Crippen molar-refractivity contribution in [1.82, 2.24) is 0 Å². The van der Waals surface area contributed by atoms with Crippen LogP contribution in [0.1, 0.15) is 6.92 Å². The smallest absolute Gasteiger partial charge is 0.261 e. The summed E-state index contributed by atoms with van der Waals surface area (Å²) in [4.78, 5) is 24.8. The lowest BCUT2D eigenvalue weighted by atomic mass is 10.2. The number of benzene rings is 1. The van der Waals surface area contributed by atoms with Crippen LogP contribution in [-0.4, -0.2) is 26.0 Å². The highest BCUT2D eigenvalue weighted by atomic mass is 16.5. The second kappa shape index (κ2) is 4.52. The molecule has 1 aromatic carbocycles. The summed E-state index contributed by atoms with van der Waals surface area (Å²) in [5.41, 5.74) is 0.796. The monoisotopic (exact) mass is 247 g/mol. The molecular formula is C13H13NO4. The maximum absolute atomic E-state index is 11.9. The fourth-order valence-corrected chi connectivity index (χ4v) is 1.79. The third kappa shape index (κ3) is 1.84. The largest absolute Gasteiger partial charge is 0.497 e. The summed E-state index contributed by atoms with van der Waals surface area (Å²) in [6, 6.07) is 4.96. The maximum atomic E-state index is 11.9. The first-order valence-corrected chi connectivity index (χ1v) is 5.37. The number of carbonyl (C=O) groups excluding carboxylic acids is 2. The molecule has 0 radical (unpaired) electrons. The molecule has 0 aliphatic carbocycles. The highest BCUT2D eigenvalue weighted by Gasteiger charge is 2.32. The van der Waals surface area contributed by atoms with E-state index in [1.54, 1.807) is 25.1 Å². The van der Waals surface area contributed by atoms with Gasteiger partial charge in [0.25, 0.3) is 11.8 Å².